The fourth-order valence-electron chi connectivity index (χ4n) is 1.14. The quantitative estimate of drug-likeness (QED) is 0.568. The molecule has 1 amide bonds. The Balaban J connectivity index is 3.70. The fourth-order valence-corrected chi connectivity index (χ4v) is 1.14. The van der Waals surface area contributed by atoms with Gasteiger partial charge < -0.3 is 20.7 Å². The monoisotopic (exact) mass is 231 g/mol. The summed E-state index contributed by atoms with van der Waals surface area (Å²) in [4.78, 5) is 13.6. The van der Waals surface area contributed by atoms with E-state index in [9.17, 15) is 4.79 Å². The van der Waals surface area contributed by atoms with Gasteiger partial charge in [-0.1, -0.05) is 0 Å². The minimum absolute atomic E-state index is 0.0789. The summed E-state index contributed by atoms with van der Waals surface area (Å²) in [5, 5.41) is 2.84. The number of nitrogens with one attached hydrogen (secondary N) is 1. The Morgan fingerprint density at radius 1 is 1.50 bits per heavy atom. The van der Waals surface area contributed by atoms with Crippen LogP contribution >= 0.6 is 0 Å². The number of carbonyl (C=O) groups excluding carboxylic acids is 1. The highest BCUT2D eigenvalue weighted by Gasteiger charge is 2.14. The Hall–Kier alpha value is -0.650. The molecule has 0 rings (SSSR count). The molecule has 0 spiro atoms. The van der Waals surface area contributed by atoms with Crippen LogP contribution in [0.5, 0.6) is 0 Å². The Morgan fingerprint density at radius 2 is 2.12 bits per heavy atom. The Kier molecular flexibility index (Phi) is 8.15. The van der Waals surface area contributed by atoms with Gasteiger partial charge in [0.2, 0.25) is 5.91 Å². The lowest BCUT2D eigenvalue weighted by Crippen LogP contribution is -2.45. The number of ether oxygens (including phenoxy) is 1. The van der Waals surface area contributed by atoms with Crippen LogP contribution in [-0.4, -0.2) is 57.2 Å². The number of rotatable bonds is 8. The zero-order valence-electron chi connectivity index (χ0n) is 10.8. The van der Waals surface area contributed by atoms with Gasteiger partial charge in [-0.05, 0) is 33.9 Å². The molecule has 5 nitrogen and oxygen atoms in total. The van der Waals surface area contributed by atoms with Gasteiger partial charge in [0.25, 0.3) is 0 Å². The first-order valence-corrected chi connectivity index (χ1v) is 5.67. The van der Waals surface area contributed by atoms with Crippen LogP contribution in [0.2, 0.25) is 0 Å². The number of nitrogens with two attached hydrogens (primary N) is 1. The minimum atomic E-state index is -0.426. The van der Waals surface area contributed by atoms with E-state index in [0.717, 1.165) is 6.42 Å². The van der Waals surface area contributed by atoms with Gasteiger partial charge in [0.1, 0.15) is 0 Å². The first kappa shape index (κ1) is 15.3. The van der Waals surface area contributed by atoms with Gasteiger partial charge in [-0.3, -0.25) is 4.79 Å². The highest BCUT2D eigenvalue weighted by molar-refractivity contribution is 5.81. The van der Waals surface area contributed by atoms with Gasteiger partial charge in [0.05, 0.1) is 6.04 Å². The molecule has 3 N–H and O–H groups in total. The number of likely N-dealkylation sites (N-methyl/N-ethyl adjacent to an activating group) is 1. The van der Waals surface area contributed by atoms with E-state index in [-0.39, 0.29) is 5.91 Å². The summed E-state index contributed by atoms with van der Waals surface area (Å²) in [6, 6.07) is -0.111. The number of carbonyl (C=O) groups is 1. The lowest BCUT2D eigenvalue weighted by Gasteiger charge is -2.21. The summed E-state index contributed by atoms with van der Waals surface area (Å²) < 4.78 is 4.91. The molecule has 0 aromatic heterocycles. The van der Waals surface area contributed by atoms with E-state index in [2.05, 4.69) is 17.1 Å². The second-order valence-electron chi connectivity index (χ2n) is 4.30. The van der Waals surface area contributed by atoms with Gasteiger partial charge >= 0.3 is 0 Å². The molecular formula is C11H25N3O2. The number of hydrogen-bond donors (Lipinski definition) is 2. The highest BCUT2D eigenvalue weighted by Crippen LogP contribution is 1.96. The molecule has 0 saturated heterocycles. The Labute approximate surface area is 98.3 Å². The maximum Gasteiger partial charge on any atom is 0.236 e. The van der Waals surface area contributed by atoms with E-state index >= 15 is 0 Å². The molecule has 0 bridgehead atoms. The molecule has 96 valence electrons. The molecule has 0 aliphatic heterocycles. The highest BCUT2D eigenvalue weighted by atomic mass is 16.5. The number of methoxy groups -OCH3 is 1. The molecule has 5 heteroatoms. The average molecular weight is 231 g/mol. The molecule has 2 unspecified atom stereocenters. The van der Waals surface area contributed by atoms with E-state index < -0.39 is 6.04 Å². The predicted octanol–water partition coefficient (Wildman–Crippen LogP) is -0.193. The van der Waals surface area contributed by atoms with Crippen LogP contribution in [-0.2, 0) is 9.53 Å². The van der Waals surface area contributed by atoms with Crippen molar-refractivity contribution in [3.63, 3.8) is 0 Å². The summed E-state index contributed by atoms with van der Waals surface area (Å²) in [6.07, 6.45) is 1.48. The summed E-state index contributed by atoms with van der Waals surface area (Å²) >= 11 is 0. The third-order valence-electron chi connectivity index (χ3n) is 2.65. The second kappa shape index (κ2) is 8.50. The van der Waals surface area contributed by atoms with Crippen molar-refractivity contribution in [1.29, 1.82) is 0 Å². The molecule has 16 heavy (non-hydrogen) atoms. The van der Waals surface area contributed by atoms with Crippen molar-refractivity contribution in [1.82, 2.24) is 10.2 Å². The molecule has 0 radical (unpaired) electrons. The molecule has 0 fully saturated rings. The molecule has 0 aromatic carbocycles. The van der Waals surface area contributed by atoms with E-state index in [1.165, 1.54) is 0 Å². The van der Waals surface area contributed by atoms with Crippen molar-refractivity contribution in [3.05, 3.63) is 0 Å². The molecule has 0 saturated carbocycles. The van der Waals surface area contributed by atoms with Gasteiger partial charge in [0.15, 0.2) is 0 Å². The molecule has 0 heterocycles. The SMILES string of the molecule is COCCCC(N)C(=O)NCC(C)N(C)C. The van der Waals surface area contributed by atoms with E-state index in [1.807, 2.05) is 14.1 Å². The molecule has 2 atom stereocenters. The predicted molar refractivity (Wildman–Crippen MR) is 65.2 cm³/mol. The molecular weight excluding hydrogens is 206 g/mol. The van der Waals surface area contributed by atoms with Crippen LogP contribution in [0, 0.1) is 0 Å². The molecule has 0 aliphatic rings. The van der Waals surface area contributed by atoms with Crippen LogP contribution in [0.3, 0.4) is 0 Å². The topological polar surface area (TPSA) is 67.6 Å². The summed E-state index contributed by atoms with van der Waals surface area (Å²) in [6.45, 7) is 3.33. The average Bonchev–Trinajstić information content (AvgIpc) is 2.25. The van der Waals surface area contributed by atoms with Crippen LogP contribution in [0.4, 0.5) is 0 Å². The van der Waals surface area contributed by atoms with E-state index in [0.29, 0.717) is 25.6 Å². The van der Waals surface area contributed by atoms with Crippen molar-refractivity contribution < 1.29 is 9.53 Å². The van der Waals surface area contributed by atoms with Gasteiger partial charge in [0, 0.05) is 26.3 Å². The third-order valence-corrected chi connectivity index (χ3v) is 2.65. The zero-order valence-corrected chi connectivity index (χ0v) is 10.8. The van der Waals surface area contributed by atoms with Crippen LogP contribution in [0.25, 0.3) is 0 Å². The van der Waals surface area contributed by atoms with Gasteiger partial charge in [-0.2, -0.15) is 0 Å². The van der Waals surface area contributed by atoms with Crippen LogP contribution in [0.1, 0.15) is 19.8 Å². The standard InChI is InChI=1S/C11H25N3O2/c1-9(14(2)3)8-13-11(15)10(12)6-5-7-16-4/h9-10H,5-8,12H2,1-4H3,(H,13,15). The largest absolute Gasteiger partial charge is 0.385 e. The van der Waals surface area contributed by atoms with Crippen molar-refractivity contribution in [3.8, 4) is 0 Å². The Morgan fingerprint density at radius 3 is 2.62 bits per heavy atom. The molecule has 0 aliphatic carbocycles. The Bertz CT molecular complexity index is 198. The smallest absolute Gasteiger partial charge is 0.236 e. The summed E-state index contributed by atoms with van der Waals surface area (Å²) in [5.74, 6) is -0.0789. The zero-order chi connectivity index (χ0) is 12.6. The van der Waals surface area contributed by atoms with Gasteiger partial charge in [-0.25, -0.2) is 0 Å². The van der Waals surface area contributed by atoms with E-state index in [1.54, 1.807) is 7.11 Å². The summed E-state index contributed by atoms with van der Waals surface area (Å²) in [7, 11) is 5.61. The first-order valence-electron chi connectivity index (χ1n) is 5.67. The van der Waals surface area contributed by atoms with Crippen molar-refractivity contribution in [2.75, 3.05) is 34.4 Å². The number of nitrogens with zero attached hydrogens (tertiary/aromatic N) is 1. The van der Waals surface area contributed by atoms with Crippen molar-refractivity contribution in [2.45, 2.75) is 31.8 Å². The summed E-state index contributed by atoms with van der Waals surface area (Å²) in [5.41, 5.74) is 5.74. The minimum Gasteiger partial charge on any atom is -0.385 e. The number of hydrogen-bond acceptors (Lipinski definition) is 4. The normalized spacial score (nSPS) is 14.9. The third kappa shape index (κ3) is 6.76. The second-order valence-corrected chi connectivity index (χ2v) is 4.30. The van der Waals surface area contributed by atoms with Crippen LogP contribution < -0.4 is 11.1 Å². The van der Waals surface area contributed by atoms with Crippen LogP contribution in [0.15, 0.2) is 0 Å². The lowest BCUT2D eigenvalue weighted by molar-refractivity contribution is -0.122. The van der Waals surface area contributed by atoms with Crippen molar-refractivity contribution in [2.24, 2.45) is 5.73 Å². The number of amides is 1. The molecule has 0 aromatic rings. The maximum atomic E-state index is 11.6. The van der Waals surface area contributed by atoms with Gasteiger partial charge in [-0.15, -0.1) is 0 Å². The lowest BCUT2D eigenvalue weighted by atomic mass is 10.1. The van der Waals surface area contributed by atoms with E-state index in [4.69, 9.17) is 10.5 Å². The fraction of sp³-hybridized carbons (Fsp3) is 0.909. The van der Waals surface area contributed by atoms with Crippen molar-refractivity contribution >= 4 is 5.91 Å². The maximum absolute atomic E-state index is 11.6. The first-order chi connectivity index (χ1) is 7.49.